The molecule has 0 aromatic rings. The van der Waals surface area contributed by atoms with Crippen LogP contribution in [0.1, 0.15) is 27.7 Å². The van der Waals surface area contributed by atoms with Crippen LogP contribution in [0, 0.1) is 5.41 Å². The molecule has 62 valence electrons. The molecule has 1 N–H and O–H groups in total. The first-order valence-electron chi connectivity index (χ1n) is 3.26. The van der Waals surface area contributed by atoms with E-state index in [2.05, 4.69) is 5.32 Å². The summed E-state index contributed by atoms with van der Waals surface area (Å²) in [5, 5.41) is 2.75. The van der Waals surface area contributed by atoms with E-state index in [1.54, 1.807) is 0 Å². The summed E-state index contributed by atoms with van der Waals surface area (Å²) in [5.41, 5.74) is -0.240. The molecule has 0 aliphatic heterocycles. The van der Waals surface area contributed by atoms with E-state index in [1.807, 2.05) is 27.7 Å². The minimum Gasteiger partial charge on any atom is -0.356 e. The van der Waals surface area contributed by atoms with Gasteiger partial charge < -0.3 is 5.32 Å². The molecule has 0 aromatic heterocycles. The number of carbonyl (C=O) groups is 1. The maximum absolute atomic E-state index is 11.0. The monoisotopic (exact) mass is 165 g/mol. The fourth-order valence-corrected chi connectivity index (χ4v) is 0.426. The lowest BCUT2D eigenvalue weighted by molar-refractivity contribution is -0.128. The van der Waals surface area contributed by atoms with Crippen molar-refractivity contribution in [3.05, 3.63) is 0 Å². The number of halogens is 1. The third kappa shape index (κ3) is 4.62. The molecular formula is C7H16ClNO. The molecule has 0 saturated heterocycles. The van der Waals surface area contributed by atoms with Crippen molar-refractivity contribution in [2.24, 2.45) is 5.41 Å². The molecule has 0 aliphatic rings. The molecule has 3 heteroatoms. The summed E-state index contributed by atoms with van der Waals surface area (Å²) in [6.07, 6.45) is 0. The van der Waals surface area contributed by atoms with E-state index in [0.29, 0.717) is 0 Å². The zero-order chi connectivity index (χ0) is 7.49. The molecule has 1 amide bonds. The molecule has 0 fully saturated rings. The van der Waals surface area contributed by atoms with Crippen molar-refractivity contribution in [1.29, 1.82) is 0 Å². The molecule has 0 radical (unpaired) electrons. The predicted octanol–water partition coefficient (Wildman–Crippen LogP) is 1.59. The van der Waals surface area contributed by atoms with Crippen molar-refractivity contribution >= 4 is 18.3 Å². The Kier molecular flexibility index (Phi) is 5.67. The first-order chi connectivity index (χ1) is 3.98. The number of rotatable bonds is 1. The van der Waals surface area contributed by atoms with Gasteiger partial charge in [-0.2, -0.15) is 0 Å². The van der Waals surface area contributed by atoms with Crippen LogP contribution in [0.5, 0.6) is 0 Å². The van der Waals surface area contributed by atoms with Gasteiger partial charge in [0.1, 0.15) is 0 Å². The smallest absolute Gasteiger partial charge is 0.225 e. The van der Waals surface area contributed by atoms with Crippen LogP contribution >= 0.6 is 12.4 Å². The van der Waals surface area contributed by atoms with Crippen LogP contribution in [0.25, 0.3) is 0 Å². The summed E-state index contributed by atoms with van der Waals surface area (Å²) in [6, 6.07) is 0. The average molecular weight is 166 g/mol. The van der Waals surface area contributed by atoms with Gasteiger partial charge in [0, 0.05) is 12.0 Å². The molecule has 0 bridgehead atoms. The van der Waals surface area contributed by atoms with E-state index in [4.69, 9.17) is 0 Å². The van der Waals surface area contributed by atoms with Crippen molar-refractivity contribution in [1.82, 2.24) is 5.32 Å². The second kappa shape index (κ2) is 4.56. The SMILES string of the molecule is CCNC(=O)C(C)(C)C.Cl. The van der Waals surface area contributed by atoms with Crippen LogP contribution in [-0.2, 0) is 4.79 Å². The van der Waals surface area contributed by atoms with Crippen LogP contribution < -0.4 is 5.32 Å². The van der Waals surface area contributed by atoms with E-state index < -0.39 is 0 Å². The van der Waals surface area contributed by atoms with E-state index in [1.165, 1.54) is 0 Å². The molecule has 0 aliphatic carbocycles. The van der Waals surface area contributed by atoms with Crippen LogP contribution in [0.15, 0.2) is 0 Å². The third-order valence-electron chi connectivity index (χ3n) is 1.02. The van der Waals surface area contributed by atoms with Crippen molar-refractivity contribution in [2.75, 3.05) is 6.54 Å². The normalized spacial score (nSPS) is 10.0. The topological polar surface area (TPSA) is 29.1 Å². The molecule has 0 heterocycles. The van der Waals surface area contributed by atoms with Gasteiger partial charge in [0.05, 0.1) is 0 Å². The van der Waals surface area contributed by atoms with E-state index in [0.717, 1.165) is 6.54 Å². The summed E-state index contributed by atoms with van der Waals surface area (Å²) < 4.78 is 0. The third-order valence-corrected chi connectivity index (χ3v) is 1.02. The number of carbonyl (C=O) groups excluding carboxylic acids is 1. The lowest BCUT2D eigenvalue weighted by Crippen LogP contribution is -2.34. The highest BCUT2D eigenvalue weighted by atomic mass is 35.5. The lowest BCUT2D eigenvalue weighted by atomic mass is 9.96. The summed E-state index contributed by atoms with van der Waals surface area (Å²) in [5.74, 6) is 0.116. The summed E-state index contributed by atoms with van der Waals surface area (Å²) in [7, 11) is 0. The van der Waals surface area contributed by atoms with Gasteiger partial charge in [-0.15, -0.1) is 12.4 Å². The van der Waals surface area contributed by atoms with Crippen LogP contribution in [-0.4, -0.2) is 12.5 Å². The second-order valence-electron chi connectivity index (χ2n) is 3.11. The highest BCUT2D eigenvalue weighted by Crippen LogP contribution is 2.11. The van der Waals surface area contributed by atoms with Crippen LogP contribution in [0.4, 0.5) is 0 Å². The van der Waals surface area contributed by atoms with Crippen LogP contribution in [0.3, 0.4) is 0 Å². The second-order valence-corrected chi connectivity index (χ2v) is 3.11. The molecule has 0 aromatic carbocycles. The Morgan fingerprint density at radius 2 is 1.80 bits per heavy atom. The maximum atomic E-state index is 11.0. The van der Waals surface area contributed by atoms with Crippen molar-refractivity contribution in [2.45, 2.75) is 27.7 Å². The van der Waals surface area contributed by atoms with Gasteiger partial charge in [-0.3, -0.25) is 4.79 Å². The zero-order valence-electron chi connectivity index (χ0n) is 7.02. The lowest BCUT2D eigenvalue weighted by Gasteiger charge is -2.16. The predicted molar refractivity (Wildman–Crippen MR) is 45.4 cm³/mol. The fourth-order valence-electron chi connectivity index (χ4n) is 0.426. The average Bonchev–Trinajstić information content (AvgIpc) is 1.64. The fraction of sp³-hybridized carbons (Fsp3) is 0.857. The minimum atomic E-state index is -0.240. The van der Waals surface area contributed by atoms with Crippen LogP contribution in [0.2, 0.25) is 0 Å². The molecule has 0 rings (SSSR count). The van der Waals surface area contributed by atoms with E-state index in [-0.39, 0.29) is 23.7 Å². The molecular weight excluding hydrogens is 150 g/mol. The Hall–Kier alpha value is -0.240. The highest BCUT2D eigenvalue weighted by Gasteiger charge is 2.19. The maximum Gasteiger partial charge on any atom is 0.225 e. The molecule has 10 heavy (non-hydrogen) atoms. The van der Waals surface area contributed by atoms with E-state index in [9.17, 15) is 4.79 Å². The van der Waals surface area contributed by atoms with Crippen molar-refractivity contribution in [3.8, 4) is 0 Å². The quantitative estimate of drug-likeness (QED) is 0.628. The minimum absolute atomic E-state index is 0. The largest absolute Gasteiger partial charge is 0.356 e. The first kappa shape index (κ1) is 12.4. The molecule has 0 saturated carbocycles. The Morgan fingerprint density at radius 3 is 1.90 bits per heavy atom. The zero-order valence-corrected chi connectivity index (χ0v) is 7.84. The van der Waals surface area contributed by atoms with Gasteiger partial charge in [-0.05, 0) is 6.92 Å². The Balaban J connectivity index is 0. The molecule has 0 atom stereocenters. The Labute approximate surface area is 68.8 Å². The van der Waals surface area contributed by atoms with Gasteiger partial charge >= 0.3 is 0 Å². The highest BCUT2D eigenvalue weighted by molar-refractivity contribution is 5.85. The Bertz CT molecular complexity index is 107. The van der Waals surface area contributed by atoms with Gasteiger partial charge in [-0.1, -0.05) is 20.8 Å². The summed E-state index contributed by atoms with van der Waals surface area (Å²) in [4.78, 5) is 11.0. The molecule has 0 spiro atoms. The van der Waals surface area contributed by atoms with Gasteiger partial charge in [0.25, 0.3) is 0 Å². The number of amides is 1. The van der Waals surface area contributed by atoms with Crippen molar-refractivity contribution in [3.63, 3.8) is 0 Å². The Morgan fingerprint density at radius 1 is 1.40 bits per heavy atom. The van der Waals surface area contributed by atoms with Gasteiger partial charge in [0.2, 0.25) is 5.91 Å². The first-order valence-corrected chi connectivity index (χ1v) is 3.26. The number of hydrogen-bond donors (Lipinski definition) is 1. The summed E-state index contributed by atoms with van der Waals surface area (Å²) >= 11 is 0. The van der Waals surface area contributed by atoms with Gasteiger partial charge in [0.15, 0.2) is 0 Å². The number of hydrogen-bond acceptors (Lipinski definition) is 1. The number of nitrogens with one attached hydrogen (secondary N) is 1. The standard InChI is InChI=1S/C7H15NO.ClH/c1-5-8-6(9)7(2,3)4;/h5H2,1-4H3,(H,8,9);1H. The van der Waals surface area contributed by atoms with Crippen molar-refractivity contribution < 1.29 is 4.79 Å². The molecule has 0 unspecified atom stereocenters. The van der Waals surface area contributed by atoms with Gasteiger partial charge in [-0.25, -0.2) is 0 Å². The molecule has 2 nitrogen and oxygen atoms in total. The van der Waals surface area contributed by atoms with E-state index >= 15 is 0 Å². The summed E-state index contributed by atoms with van der Waals surface area (Å²) in [6.45, 7) is 8.34.